The first-order valence-corrected chi connectivity index (χ1v) is 10.9. The molecule has 1 amide bonds. The van der Waals surface area contributed by atoms with E-state index >= 15 is 0 Å². The number of carbonyl (C=O) groups is 1. The highest BCUT2D eigenvalue weighted by atomic mass is 127. The average Bonchev–Trinajstić information content (AvgIpc) is 2.32. The van der Waals surface area contributed by atoms with Crippen LogP contribution >= 0.6 is 47.0 Å². The fraction of sp³-hybridized carbons (Fsp3) is 0.909. The molecule has 0 saturated heterocycles. The van der Waals surface area contributed by atoms with Gasteiger partial charge < -0.3 is 5.32 Å². The lowest BCUT2D eigenvalue weighted by Gasteiger charge is -2.13. The molecule has 0 aromatic carbocycles. The van der Waals surface area contributed by atoms with Crippen molar-refractivity contribution in [1.82, 2.24) is 14.8 Å². The zero-order valence-corrected chi connectivity index (χ0v) is 17.1. The number of hydrogen-bond acceptors (Lipinski definition) is 5. The molecule has 0 aromatic heterocycles. The van der Waals surface area contributed by atoms with Crippen molar-refractivity contribution >= 4 is 63.1 Å². The molecule has 0 saturated carbocycles. The van der Waals surface area contributed by atoms with Crippen LogP contribution in [0.3, 0.4) is 0 Å². The maximum Gasteiger partial charge on any atom is 0.277 e. The third-order valence-electron chi connectivity index (χ3n) is 2.15. The molecule has 21 heavy (non-hydrogen) atoms. The maximum atomic E-state index is 11.7. The molecule has 10 heteroatoms. The van der Waals surface area contributed by atoms with Gasteiger partial charge in [-0.3, -0.25) is 4.79 Å². The molecular weight excluding hydrogens is 445 g/mol. The van der Waals surface area contributed by atoms with E-state index in [1.54, 1.807) is 25.6 Å². The van der Waals surface area contributed by atoms with Crippen LogP contribution in [0, 0.1) is 0 Å². The van der Waals surface area contributed by atoms with E-state index < -0.39 is 10.2 Å². The number of halogens is 1. The van der Waals surface area contributed by atoms with Crippen LogP contribution in [0.15, 0.2) is 0 Å². The summed E-state index contributed by atoms with van der Waals surface area (Å²) in [6.45, 7) is 5.96. The number of hydrogen-bond donors (Lipinski definition) is 4. The summed E-state index contributed by atoms with van der Waals surface area (Å²) in [5, 5.41) is 2.30. The first kappa shape index (κ1) is 21.8. The van der Waals surface area contributed by atoms with Crippen molar-refractivity contribution < 1.29 is 13.2 Å². The van der Waals surface area contributed by atoms with E-state index in [4.69, 9.17) is 0 Å². The first-order valence-electron chi connectivity index (χ1n) is 6.62. The van der Waals surface area contributed by atoms with Crippen LogP contribution in [0.5, 0.6) is 0 Å². The largest absolute Gasteiger partial charge is 0.354 e. The Balaban J connectivity index is 3.83. The monoisotopic (exact) mass is 469 g/mol. The zero-order chi connectivity index (χ0) is 16.5. The van der Waals surface area contributed by atoms with E-state index in [9.17, 15) is 13.2 Å². The topological polar surface area (TPSA) is 87.3 Å². The van der Waals surface area contributed by atoms with Gasteiger partial charge in [0.05, 0.1) is 8.51 Å². The third kappa shape index (κ3) is 13.0. The lowest BCUT2D eigenvalue weighted by atomic mass is 10.3. The summed E-state index contributed by atoms with van der Waals surface area (Å²) in [7, 11) is -3.50. The van der Waals surface area contributed by atoms with E-state index in [0.717, 1.165) is 5.75 Å². The number of thiol groups is 1. The minimum absolute atomic E-state index is 0.147. The molecule has 0 aromatic rings. The average molecular weight is 469 g/mol. The van der Waals surface area contributed by atoms with Crippen LogP contribution in [0.1, 0.15) is 27.2 Å². The summed E-state index contributed by atoms with van der Waals surface area (Å²) in [5.41, 5.74) is 0. The summed E-state index contributed by atoms with van der Waals surface area (Å²) in [6.07, 6.45) is 0.688. The highest BCUT2D eigenvalue weighted by molar-refractivity contribution is 14.1. The van der Waals surface area contributed by atoms with Gasteiger partial charge in [0, 0.05) is 19.1 Å². The van der Waals surface area contributed by atoms with E-state index in [1.807, 2.05) is 0 Å². The van der Waals surface area contributed by atoms with Crippen molar-refractivity contribution in [3.05, 3.63) is 0 Å². The maximum absolute atomic E-state index is 11.7. The molecule has 0 spiro atoms. The summed E-state index contributed by atoms with van der Waals surface area (Å²) in [6, 6.07) is -0.170. The van der Waals surface area contributed by atoms with E-state index in [0.29, 0.717) is 9.68 Å². The lowest BCUT2D eigenvalue weighted by molar-refractivity contribution is -0.120. The van der Waals surface area contributed by atoms with Gasteiger partial charge in [-0.15, -0.1) is 11.8 Å². The quantitative estimate of drug-likeness (QED) is 0.158. The number of alkyl halides is 1. The molecule has 3 N–H and O–H groups in total. The SMILES string of the molecule is CC(C)NS(=O)(=O)NCCNC(=O)C(S)CCSC(C)I. The normalized spacial score (nSPS) is 15.0. The van der Waals surface area contributed by atoms with Gasteiger partial charge in [0.2, 0.25) is 5.91 Å². The van der Waals surface area contributed by atoms with E-state index in [-0.39, 0.29) is 30.3 Å². The molecule has 0 aliphatic heterocycles. The van der Waals surface area contributed by atoms with Crippen molar-refractivity contribution in [3.8, 4) is 0 Å². The van der Waals surface area contributed by atoms with Gasteiger partial charge in [-0.05, 0) is 32.9 Å². The first-order chi connectivity index (χ1) is 9.64. The Morgan fingerprint density at radius 1 is 1.29 bits per heavy atom. The summed E-state index contributed by atoms with van der Waals surface area (Å²) in [4.78, 5) is 11.7. The molecule has 2 unspecified atom stereocenters. The molecule has 0 radical (unpaired) electrons. The van der Waals surface area contributed by atoms with Crippen molar-refractivity contribution in [1.29, 1.82) is 0 Å². The highest BCUT2D eigenvalue weighted by Crippen LogP contribution is 2.19. The van der Waals surface area contributed by atoms with Gasteiger partial charge in [-0.1, -0.05) is 22.6 Å². The minimum Gasteiger partial charge on any atom is -0.354 e. The number of nitrogens with one attached hydrogen (secondary N) is 3. The molecule has 0 heterocycles. The van der Waals surface area contributed by atoms with Crippen LogP contribution in [0.2, 0.25) is 0 Å². The second kappa shape index (κ2) is 11.3. The highest BCUT2D eigenvalue weighted by Gasteiger charge is 2.14. The molecular formula is C11H24IN3O3S3. The second-order valence-electron chi connectivity index (χ2n) is 4.68. The Kier molecular flexibility index (Phi) is 11.7. The predicted molar refractivity (Wildman–Crippen MR) is 102 cm³/mol. The van der Waals surface area contributed by atoms with Gasteiger partial charge in [0.1, 0.15) is 0 Å². The van der Waals surface area contributed by atoms with Crippen LogP contribution < -0.4 is 14.8 Å². The summed E-state index contributed by atoms with van der Waals surface area (Å²) in [5.74, 6) is 0.701. The van der Waals surface area contributed by atoms with Crippen molar-refractivity contribution in [3.63, 3.8) is 0 Å². The fourth-order valence-corrected chi connectivity index (χ4v) is 4.24. The fourth-order valence-electron chi connectivity index (χ4n) is 1.31. The second-order valence-corrected chi connectivity index (χ2v) is 11.0. The molecule has 126 valence electrons. The van der Waals surface area contributed by atoms with Crippen LogP contribution in [0.25, 0.3) is 0 Å². The Labute approximate surface area is 151 Å². The van der Waals surface area contributed by atoms with E-state index in [1.165, 1.54) is 0 Å². The van der Waals surface area contributed by atoms with Crippen molar-refractivity contribution in [2.75, 3.05) is 18.8 Å². The summed E-state index contributed by atoms with van der Waals surface area (Å²) >= 11 is 8.34. The minimum atomic E-state index is -3.50. The van der Waals surface area contributed by atoms with Gasteiger partial charge in [0.25, 0.3) is 10.2 Å². The van der Waals surface area contributed by atoms with Gasteiger partial charge >= 0.3 is 0 Å². The number of amides is 1. The molecule has 2 atom stereocenters. The number of rotatable bonds is 11. The Morgan fingerprint density at radius 2 is 1.90 bits per heavy atom. The Bertz CT molecular complexity index is 405. The van der Waals surface area contributed by atoms with Crippen LogP contribution in [0.4, 0.5) is 0 Å². The molecule has 0 aliphatic rings. The van der Waals surface area contributed by atoms with Gasteiger partial charge in [-0.2, -0.15) is 25.8 Å². The van der Waals surface area contributed by atoms with Crippen LogP contribution in [-0.4, -0.2) is 47.7 Å². The Hall–Kier alpha value is 0.770. The number of thioether (sulfide) groups is 1. The lowest BCUT2D eigenvalue weighted by Crippen LogP contribution is -2.44. The number of carbonyl (C=O) groups excluding carboxylic acids is 1. The predicted octanol–water partition coefficient (Wildman–Crippen LogP) is 1.14. The molecule has 0 fully saturated rings. The van der Waals surface area contributed by atoms with Gasteiger partial charge in [-0.25, -0.2) is 4.72 Å². The van der Waals surface area contributed by atoms with Gasteiger partial charge in [0.15, 0.2) is 0 Å². The zero-order valence-electron chi connectivity index (χ0n) is 12.4. The Morgan fingerprint density at radius 3 is 2.43 bits per heavy atom. The smallest absolute Gasteiger partial charge is 0.277 e. The molecule has 0 aliphatic carbocycles. The standard InChI is InChI=1S/C11H24IN3O3S3/c1-8(2)15-21(17,18)14-6-5-13-11(16)10(19)4-7-20-9(3)12/h8-10,14-15,19H,4-7H2,1-3H3,(H,13,16). The third-order valence-corrected chi connectivity index (χ3v) is 6.02. The molecule has 0 rings (SSSR count). The molecule has 0 bridgehead atoms. The van der Waals surface area contributed by atoms with Crippen molar-refractivity contribution in [2.24, 2.45) is 0 Å². The summed E-state index contributed by atoms with van der Waals surface area (Å²) < 4.78 is 28.2. The van der Waals surface area contributed by atoms with Crippen LogP contribution in [-0.2, 0) is 15.0 Å². The van der Waals surface area contributed by atoms with Crippen molar-refractivity contribution in [2.45, 2.75) is 41.7 Å². The van der Waals surface area contributed by atoms with E-state index in [2.05, 4.69) is 56.9 Å². The molecule has 6 nitrogen and oxygen atoms in total.